The average molecular weight is 272 g/mol. The first-order chi connectivity index (χ1) is 9.60. The Hall–Kier alpha value is -2.43. The predicted molar refractivity (Wildman–Crippen MR) is 75.1 cm³/mol. The molecule has 0 radical (unpaired) electrons. The number of ether oxygens (including phenoxy) is 1. The fourth-order valence-corrected chi connectivity index (χ4v) is 2.07. The van der Waals surface area contributed by atoms with E-state index in [0.29, 0.717) is 6.42 Å². The summed E-state index contributed by atoms with van der Waals surface area (Å²) >= 11 is 0. The first-order valence-electron chi connectivity index (χ1n) is 6.28. The van der Waals surface area contributed by atoms with Crippen LogP contribution in [0, 0.1) is 0 Å². The molecule has 1 unspecified atom stereocenters. The summed E-state index contributed by atoms with van der Waals surface area (Å²) in [7, 11) is 1.31. The van der Waals surface area contributed by atoms with E-state index >= 15 is 0 Å². The fraction of sp³-hybridized carbons (Fsp3) is 0.267. The average Bonchev–Trinajstić information content (AvgIpc) is 2.45. The minimum absolute atomic E-state index is 0.261. The summed E-state index contributed by atoms with van der Waals surface area (Å²) in [4.78, 5) is 27.1. The minimum atomic E-state index is -0.674. The van der Waals surface area contributed by atoms with E-state index in [-0.39, 0.29) is 5.91 Å². The molecule has 1 amide bonds. The third-order valence-corrected chi connectivity index (χ3v) is 2.97. The molecule has 0 saturated carbocycles. The van der Waals surface area contributed by atoms with Crippen molar-refractivity contribution in [2.75, 3.05) is 7.11 Å². The van der Waals surface area contributed by atoms with Gasteiger partial charge in [0.2, 0.25) is 5.91 Å². The van der Waals surface area contributed by atoms with E-state index in [1.165, 1.54) is 14.0 Å². The van der Waals surface area contributed by atoms with Gasteiger partial charge < -0.3 is 10.1 Å². The molecule has 1 heterocycles. The molecule has 20 heavy (non-hydrogen) atoms. The third kappa shape index (κ3) is 3.32. The summed E-state index contributed by atoms with van der Waals surface area (Å²) in [6, 6.07) is 8.89. The lowest BCUT2D eigenvalue weighted by molar-refractivity contribution is -0.144. The molecule has 2 aromatic rings. The van der Waals surface area contributed by atoms with Crippen molar-refractivity contribution in [2.45, 2.75) is 19.4 Å². The zero-order chi connectivity index (χ0) is 14.5. The molecule has 0 fully saturated rings. The molecule has 0 bridgehead atoms. The zero-order valence-electron chi connectivity index (χ0n) is 11.4. The van der Waals surface area contributed by atoms with Crippen LogP contribution in [0.3, 0.4) is 0 Å². The van der Waals surface area contributed by atoms with Crippen molar-refractivity contribution in [1.82, 2.24) is 10.3 Å². The van der Waals surface area contributed by atoms with Crippen LogP contribution in [0.15, 0.2) is 36.5 Å². The number of esters is 1. The summed E-state index contributed by atoms with van der Waals surface area (Å²) in [5, 5.41) is 3.59. The molecule has 1 atom stereocenters. The number of benzene rings is 1. The highest BCUT2D eigenvalue weighted by Crippen LogP contribution is 2.15. The number of pyridine rings is 1. The van der Waals surface area contributed by atoms with Crippen LogP contribution in [-0.2, 0) is 20.7 Å². The van der Waals surface area contributed by atoms with Crippen molar-refractivity contribution in [1.29, 1.82) is 0 Å². The number of aromatic nitrogens is 1. The number of carbonyl (C=O) groups is 2. The van der Waals surface area contributed by atoms with Crippen LogP contribution in [-0.4, -0.2) is 30.0 Å². The molecule has 1 aromatic carbocycles. The Bertz CT molecular complexity index is 640. The monoisotopic (exact) mass is 272 g/mol. The molecule has 0 spiro atoms. The maximum atomic E-state index is 11.7. The van der Waals surface area contributed by atoms with E-state index in [4.69, 9.17) is 4.74 Å². The van der Waals surface area contributed by atoms with Gasteiger partial charge in [-0.3, -0.25) is 9.78 Å². The summed E-state index contributed by atoms with van der Waals surface area (Å²) in [6.45, 7) is 1.38. The first kappa shape index (κ1) is 14.0. The lowest BCUT2D eigenvalue weighted by Gasteiger charge is -2.15. The number of hydrogen-bond donors (Lipinski definition) is 1. The maximum Gasteiger partial charge on any atom is 0.328 e. The highest BCUT2D eigenvalue weighted by molar-refractivity contribution is 5.84. The number of rotatable bonds is 4. The fourth-order valence-electron chi connectivity index (χ4n) is 2.07. The second-order valence-corrected chi connectivity index (χ2v) is 4.51. The van der Waals surface area contributed by atoms with Crippen LogP contribution in [0.4, 0.5) is 0 Å². The SMILES string of the molecule is COC(=O)C(Cc1ccc2ncccc2c1)NC(C)=O. The van der Waals surface area contributed by atoms with Crippen LogP contribution in [0.25, 0.3) is 10.9 Å². The summed E-state index contributed by atoms with van der Waals surface area (Å²) in [6.07, 6.45) is 2.12. The molecule has 1 N–H and O–H groups in total. The number of fused-ring (bicyclic) bond motifs is 1. The van der Waals surface area contributed by atoms with E-state index in [9.17, 15) is 9.59 Å². The summed E-state index contributed by atoms with van der Waals surface area (Å²) in [5.74, 6) is -0.714. The molecule has 0 aliphatic rings. The van der Waals surface area contributed by atoms with Crippen molar-refractivity contribution in [2.24, 2.45) is 0 Å². The van der Waals surface area contributed by atoms with E-state index in [1.54, 1.807) is 6.20 Å². The molecular formula is C15H16N2O3. The minimum Gasteiger partial charge on any atom is -0.467 e. The van der Waals surface area contributed by atoms with Gasteiger partial charge in [-0.2, -0.15) is 0 Å². The predicted octanol–water partition coefficient (Wildman–Crippen LogP) is 1.45. The normalized spacial score (nSPS) is 11.9. The van der Waals surface area contributed by atoms with E-state index in [1.807, 2.05) is 30.3 Å². The van der Waals surface area contributed by atoms with Gasteiger partial charge in [0.25, 0.3) is 0 Å². The van der Waals surface area contributed by atoms with Crippen LogP contribution >= 0.6 is 0 Å². The van der Waals surface area contributed by atoms with Gasteiger partial charge in [-0.05, 0) is 23.8 Å². The van der Waals surface area contributed by atoms with Crippen LogP contribution in [0.5, 0.6) is 0 Å². The Morgan fingerprint density at radius 2 is 2.15 bits per heavy atom. The molecule has 1 aromatic heterocycles. The van der Waals surface area contributed by atoms with E-state index in [2.05, 4.69) is 10.3 Å². The number of amides is 1. The molecule has 104 valence electrons. The van der Waals surface area contributed by atoms with Gasteiger partial charge in [-0.25, -0.2) is 4.79 Å². The molecule has 0 aliphatic heterocycles. The first-order valence-corrected chi connectivity index (χ1v) is 6.28. The highest BCUT2D eigenvalue weighted by Gasteiger charge is 2.20. The number of hydrogen-bond acceptors (Lipinski definition) is 4. The standard InChI is InChI=1S/C15H16N2O3/c1-10(18)17-14(15(19)20-2)9-11-5-6-13-12(8-11)4-3-7-16-13/h3-8,14H,9H2,1-2H3,(H,17,18). The van der Waals surface area contributed by atoms with E-state index < -0.39 is 12.0 Å². The largest absolute Gasteiger partial charge is 0.467 e. The molecule has 0 saturated heterocycles. The summed E-state index contributed by atoms with van der Waals surface area (Å²) < 4.78 is 4.71. The Morgan fingerprint density at radius 1 is 1.35 bits per heavy atom. The number of carbonyl (C=O) groups excluding carboxylic acids is 2. The van der Waals surface area contributed by atoms with Crippen LogP contribution in [0.2, 0.25) is 0 Å². The topological polar surface area (TPSA) is 68.3 Å². The number of nitrogens with zero attached hydrogens (tertiary/aromatic N) is 1. The van der Waals surface area contributed by atoms with Gasteiger partial charge in [0.15, 0.2) is 0 Å². The highest BCUT2D eigenvalue weighted by atomic mass is 16.5. The van der Waals surface area contributed by atoms with Gasteiger partial charge in [0.05, 0.1) is 12.6 Å². The molecule has 5 nitrogen and oxygen atoms in total. The van der Waals surface area contributed by atoms with Gasteiger partial charge in [-0.15, -0.1) is 0 Å². The molecule has 0 aliphatic carbocycles. The summed E-state index contributed by atoms with van der Waals surface area (Å²) in [5.41, 5.74) is 1.83. The van der Waals surface area contributed by atoms with Crippen LogP contribution in [0.1, 0.15) is 12.5 Å². The van der Waals surface area contributed by atoms with Crippen molar-refractivity contribution in [3.63, 3.8) is 0 Å². The van der Waals surface area contributed by atoms with Gasteiger partial charge in [0.1, 0.15) is 6.04 Å². The second-order valence-electron chi connectivity index (χ2n) is 4.51. The van der Waals surface area contributed by atoms with E-state index in [0.717, 1.165) is 16.5 Å². The molecule has 5 heteroatoms. The molecular weight excluding hydrogens is 256 g/mol. The van der Waals surface area contributed by atoms with Gasteiger partial charge in [-0.1, -0.05) is 12.1 Å². The second kappa shape index (κ2) is 6.14. The van der Waals surface area contributed by atoms with Crippen molar-refractivity contribution in [3.8, 4) is 0 Å². The number of methoxy groups -OCH3 is 1. The zero-order valence-corrected chi connectivity index (χ0v) is 11.4. The Kier molecular flexibility index (Phi) is 4.30. The smallest absolute Gasteiger partial charge is 0.328 e. The third-order valence-electron chi connectivity index (χ3n) is 2.97. The lowest BCUT2D eigenvalue weighted by Crippen LogP contribution is -2.41. The van der Waals surface area contributed by atoms with Crippen molar-refractivity contribution in [3.05, 3.63) is 42.1 Å². The Balaban J connectivity index is 2.23. The Morgan fingerprint density at radius 3 is 2.85 bits per heavy atom. The number of nitrogens with one attached hydrogen (secondary N) is 1. The van der Waals surface area contributed by atoms with Crippen molar-refractivity contribution >= 4 is 22.8 Å². The maximum absolute atomic E-state index is 11.7. The van der Waals surface area contributed by atoms with Crippen LogP contribution < -0.4 is 5.32 Å². The quantitative estimate of drug-likeness (QED) is 0.855. The molecule has 2 rings (SSSR count). The van der Waals surface area contributed by atoms with Gasteiger partial charge >= 0.3 is 5.97 Å². The Labute approximate surface area is 117 Å². The van der Waals surface area contributed by atoms with Crippen molar-refractivity contribution < 1.29 is 14.3 Å². The lowest BCUT2D eigenvalue weighted by atomic mass is 10.0. The van der Waals surface area contributed by atoms with Gasteiger partial charge in [0, 0.05) is 24.9 Å².